The van der Waals surface area contributed by atoms with Crippen molar-refractivity contribution in [1.29, 1.82) is 0 Å². The molecule has 0 aromatic carbocycles. The first-order valence-electron chi connectivity index (χ1n) is 6.01. The second kappa shape index (κ2) is 14.3. The van der Waals surface area contributed by atoms with E-state index < -0.39 is 0 Å². The summed E-state index contributed by atoms with van der Waals surface area (Å²) in [4.78, 5) is 11.0. The molecule has 0 aliphatic heterocycles. The van der Waals surface area contributed by atoms with Crippen LogP contribution in [-0.2, 0) is 23.7 Å². The molecule has 0 spiro atoms. The molecule has 18 heavy (non-hydrogen) atoms. The number of rotatable bonds is 13. The lowest BCUT2D eigenvalue weighted by atomic mass is 10.5. The van der Waals surface area contributed by atoms with Crippen molar-refractivity contribution < 1.29 is 28.8 Å². The van der Waals surface area contributed by atoms with Crippen LogP contribution in [-0.4, -0.2) is 70.5 Å². The van der Waals surface area contributed by atoms with Crippen LogP contribution in [0.2, 0.25) is 0 Å². The highest BCUT2D eigenvalue weighted by Gasteiger charge is 2.01. The highest BCUT2D eigenvalue weighted by Crippen LogP contribution is 1.88. The standard InChI is InChI=1S/C11H23NO6/c12-2-5-16-8-10-17-9-7-15-4-1-11(14)18-6-3-13/h13H,1-10,12H2. The molecule has 7 nitrogen and oxygen atoms in total. The molecule has 0 bridgehead atoms. The Bertz CT molecular complexity index is 190. The molecule has 0 aliphatic carbocycles. The zero-order valence-electron chi connectivity index (χ0n) is 10.6. The number of hydrogen-bond donors (Lipinski definition) is 2. The van der Waals surface area contributed by atoms with E-state index in [1.54, 1.807) is 0 Å². The molecular weight excluding hydrogens is 242 g/mol. The van der Waals surface area contributed by atoms with E-state index in [0.717, 1.165) is 0 Å². The fraction of sp³-hybridized carbons (Fsp3) is 0.909. The SMILES string of the molecule is NCCOCCOCCOCCC(=O)OCCO. The van der Waals surface area contributed by atoms with Crippen molar-refractivity contribution >= 4 is 5.97 Å². The van der Waals surface area contributed by atoms with Crippen molar-refractivity contribution in [2.75, 3.05) is 59.4 Å². The summed E-state index contributed by atoms with van der Waals surface area (Å²) in [6.45, 7) is 3.11. The van der Waals surface area contributed by atoms with Gasteiger partial charge in [-0.3, -0.25) is 4.79 Å². The lowest BCUT2D eigenvalue weighted by Gasteiger charge is -2.06. The van der Waals surface area contributed by atoms with E-state index in [0.29, 0.717) is 39.6 Å². The van der Waals surface area contributed by atoms with Gasteiger partial charge >= 0.3 is 5.97 Å². The Labute approximate surface area is 107 Å². The summed E-state index contributed by atoms with van der Waals surface area (Å²) in [7, 11) is 0. The Balaban J connectivity index is 3.04. The van der Waals surface area contributed by atoms with Crippen molar-refractivity contribution in [3.05, 3.63) is 0 Å². The van der Waals surface area contributed by atoms with E-state index in [1.165, 1.54) is 0 Å². The molecule has 0 fully saturated rings. The topological polar surface area (TPSA) is 100 Å². The van der Waals surface area contributed by atoms with E-state index in [4.69, 9.17) is 25.1 Å². The summed E-state index contributed by atoms with van der Waals surface area (Å²) in [5.74, 6) is -0.375. The van der Waals surface area contributed by atoms with Crippen LogP contribution in [0.4, 0.5) is 0 Å². The maximum Gasteiger partial charge on any atom is 0.308 e. The van der Waals surface area contributed by atoms with Gasteiger partial charge in [0.2, 0.25) is 0 Å². The number of carbonyl (C=O) groups excluding carboxylic acids is 1. The van der Waals surface area contributed by atoms with Crippen LogP contribution in [0, 0.1) is 0 Å². The third-order valence-electron chi connectivity index (χ3n) is 1.81. The average Bonchev–Trinajstić information content (AvgIpc) is 2.38. The molecule has 0 radical (unpaired) electrons. The third-order valence-corrected chi connectivity index (χ3v) is 1.81. The Morgan fingerprint density at radius 1 is 0.889 bits per heavy atom. The van der Waals surface area contributed by atoms with Crippen molar-refractivity contribution in [3.8, 4) is 0 Å². The second-order valence-electron chi connectivity index (χ2n) is 3.32. The molecule has 0 rings (SSSR count). The van der Waals surface area contributed by atoms with Gasteiger partial charge in [-0.15, -0.1) is 0 Å². The van der Waals surface area contributed by atoms with Gasteiger partial charge in [-0.05, 0) is 0 Å². The fourth-order valence-electron chi connectivity index (χ4n) is 1.01. The quantitative estimate of drug-likeness (QED) is 0.323. The summed E-state index contributed by atoms with van der Waals surface area (Å²) >= 11 is 0. The highest BCUT2D eigenvalue weighted by atomic mass is 16.6. The lowest BCUT2D eigenvalue weighted by Crippen LogP contribution is -2.15. The average molecular weight is 265 g/mol. The highest BCUT2D eigenvalue weighted by molar-refractivity contribution is 5.69. The number of esters is 1. The number of hydrogen-bond acceptors (Lipinski definition) is 7. The summed E-state index contributed by atoms with van der Waals surface area (Å²) in [5, 5.41) is 8.42. The molecule has 3 N–H and O–H groups in total. The van der Waals surface area contributed by atoms with E-state index in [-0.39, 0.29) is 32.2 Å². The van der Waals surface area contributed by atoms with Gasteiger partial charge in [-0.25, -0.2) is 0 Å². The van der Waals surface area contributed by atoms with Crippen LogP contribution in [0.25, 0.3) is 0 Å². The van der Waals surface area contributed by atoms with Crippen LogP contribution in [0.3, 0.4) is 0 Å². The first-order valence-corrected chi connectivity index (χ1v) is 6.01. The Morgan fingerprint density at radius 2 is 1.44 bits per heavy atom. The predicted molar refractivity (Wildman–Crippen MR) is 64.2 cm³/mol. The van der Waals surface area contributed by atoms with Crippen molar-refractivity contribution in [1.82, 2.24) is 0 Å². The summed E-state index contributed by atoms with van der Waals surface area (Å²) in [6, 6.07) is 0. The van der Waals surface area contributed by atoms with E-state index in [1.807, 2.05) is 0 Å². The zero-order valence-corrected chi connectivity index (χ0v) is 10.6. The minimum Gasteiger partial charge on any atom is -0.463 e. The lowest BCUT2D eigenvalue weighted by molar-refractivity contribution is -0.145. The Morgan fingerprint density at radius 3 is 2.00 bits per heavy atom. The monoisotopic (exact) mass is 265 g/mol. The molecule has 0 saturated carbocycles. The molecule has 0 atom stereocenters. The normalized spacial score (nSPS) is 10.6. The summed E-state index contributed by atoms with van der Waals surface area (Å²) < 4.78 is 20.1. The number of aliphatic hydroxyl groups is 1. The van der Waals surface area contributed by atoms with E-state index in [9.17, 15) is 4.79 Å². The van der Waals surface area contributed by atoms with E-state index in [2.05, 4.69) is 4.74 Å². The molecule has 0 saturated heterocycles. The van der Waals surface area contributed by atoms with Gasteiger partial charge in [0, 0.05) is 6.54 Å². The fourth-order valence-corrected chi connectivity index (χ4v) is 1.01. The number of ether oxygens (including phenoxy) is 4. The van der Waals surface area contributed by atoms with Crippen molar-refractivity contribution in [2.24, 2.45) is 5.73 Å². The minimum atomic E-state index is -0.375. The smallest absolute Gasteiger partial charge is 0.308 e. The minimum absolute atomic E-state index is 0.0325. The predicted octanol–water partition coefficient (Wildman–Crippen LogP) is -1.08. The van der Waals surface area contributed by atoms with Crippen molar-refractivity contribution in [2.45, 2.75) is 6.42 Å². The van der Waals surface area contributed by atoms with Crippen LogP contribution >= 0.6 is 0 Å². The molecule has 0 aliphatic rings. The molecule has 0 aromatic heterocycles. The molecule has 0 heterocycles. The molecular formula is C11H23NO6. The molecule has 108 valence electrons. The van der Waals surface area contributed by atoms with Crippen LogP contribution < -0.4 is 5.73 Å². The van der Waals surface area contributed by atoms with Crippen LogP contribution in [0.5, 0.6) is 0 Å². The molecule has 0 unspecified atom stereocenters. The first-order chi connectivity index (χ1) is 8.81. The van der Waals surface area contributed by atoms with Gasteiger partial charge in [0.1, 0.15) is 6.61 Å². The van der Waals surface area contributed by atoms with Crippen LogP contribution in [0.1, 0.15) is 6.42 Å². The maximum absolute atomic E-state index is 11.0. The van der Waals surface area contributed by atoms with Crippen LogP contribution in [0.15, 0.2) is 0 Å². The summed E-state index contributed by atoms with van der Waals surface area (Å²) in [6.07, 6.45) is 0.180. The molecule has 0 aromatic rings. The molecule has 0 amide bonds. The van der Waals surface area contributed by atoms with Gasteiger partial charge < -0.3 is 29.8 Å². The maximum atomic E-state index is 11.0. The van der Waals surface area contributed by atoms with Crippen molar-refractivity contribution in [3.63, 3.8) is 0 Å². The molecule has 7 heteroatoms. The number of aliphatic hydroxyl groups excluding tert-OH is 1. The summed E-state index contributed by atoms with van der Waals surface area (Å²) in [5.41, 5.74) is 5.24. The van der Waals surface area contributed by atoms with E-state index >= 15 is 0 Å². The number of nitrogens with two attached hydrogens (primary N) is 1. The Kier molecular flexibility index (Phi) is 13.8. The van der Waals surface area contributed by atoms with Gasteiger partial charge in [0.15, 0.2) is 0 Å². The number of carbonyl (C=O) groups is 1. The Hall–Kier alpha value is -0.730. The van der Waals surface area contributed by atoms with Gasteiger partial charge in [0.05, 0.1) is 52.7 Å². The van der Waals surface area contributed by atoms with Gasteiger partial charge in [-0.2, -0.15) is 0 Å². The van der Waals surface area contributed by atoms with Gasteiger partial charge in [0.25, 0.3) is 0 Å². The third kappa shape index (κ3) is 13.3. The second-order valence-corrected chi connectivity index (χ2v) is 3.32. The first kappa shape index (κ1) is 17.3. The van der Waals surface area contributed by atoms with Gasteiger partial charge in [-0.1, -0.05) is 0 Å². The largest absolute Gasteiger partial charge is 0.463 e. The zero-order chi connectivity index (χ0) is 13.5.